The maximum atomic E-state index is 5.99. The molecule has 64 valence electrons. The van der Waals surface area contributed by atoms with Gasteiger partial charge in [-0.25, -0.2) is 0 Å². The predicted octanol–water partition coefficient (Wildman–Crippen LogP) is 3.24. The molecule has 0 spiro atoms. The second-order valence-electron chi connectivity index (χ2n) is 3.12. The lowest BCUT2D eigenvalue weighted by Crippen LogP contribution is -2.03. The fourth-order valence-corrected chi connectivity index (χ4v) is 2.05. The van der Waals surface area contributed by atoms with E-state index in [2.05, 4.69) is 0 Å². The van der Waals surface area contributed by atoms with E-state index < -0.39 is 0 Å². The molecule has 1 aliphatic heterocycles. The molecule has 1 unspecified atom stereocenters. The van der Waals surface area contributed by atoms with Gasteiger partial charge in [0.2, 0.25) is 0 Å². The van der Waals surface area contributed by atoms with Crippen molar-refractivity contribution in [3.05, 3.63) is 33.8 Å². The molecule has 1 aromatic carbocycles. The predicted molar refractivity (Wildman–Crippen MR) is 49.8 cm³/mol. The van der Waals surface area contributed by atoms with Gasteiger partial charge in [0.25, 0.3) is 0 Å². The third kappa shape index (κ3) is 1.22. The van der Waals surface area contributed by atoms with Crippen molar-refractivity contribution >= 4 is 23.2 Å². The van der Waals surface area contributed by atoms with Gasteiger partial charge < -0.3 is 4.74 Å². The van der Waals surface area contributed by atoms with Crippen LogP contribution in [0.25, 0.3) is 0 Å². The number of ether oxygens (including phenoxy) is 1. The van der Waals surface area contributed by atoms with Crippen LogP contribution in [0.5, 0.6) is 0 Å². The molecular weight excluding hydrogens is 195 g/mol. The van der Waals surface area contributed by atoms with Gasteiger partial charge in [-0.2, -0.15) is 0 Å². The second-order valence-corrected chi connectivity index (χ2v) is 3.93. The van der Waals surface area contributed by atoms with Crippen LogP contribution in [0.15, 0.2) is 18.2 Å². The zero-order chi connectivity index (χ0) is 8.77. The summed E-state index contributed by atoms with van der Waals surface area (Å²) < 4.78 is 5.27. The lowest BCUT2D eigenvalue weighted by Gasteiger charge is -2.09. The summed E-state index contributed by atoms with van der Waals surface area (Å²) >= 11 is 12.0. The van der Waals surface area contributed by atoms with E-state index in [0.29, 0.717) is 16.7 Å². The Labute approximate surface area is 81.2 Å². The Balaban J connectivity index is 2.55. The highest BCUT2D eigenvalue weighted by molar-refractivity contribution is 6.36. The van der Waals surface area contributed by atoms with Crippen molar-refractivity contribution in [1.29, 1.82) is 0 Å². The maximum Gasteiger partial charge on any atom is 0.117 e. The van der Waals surface area contributed by atoms with Gasteiger partial charge in [-0.1, -0.05) is 29.3 Å². The van der Waals surface area contributed by atoms with Gasteiger partial charge in [0.05, 0.1) is 6.61 Å². The van der Waals surface area contributed by atoms with Gasteiger partial charge >= 0.3 is 0 Å². The molecule has 1 nitrogen and oxygen atoms in total. The topological polar surface area (TPSA) is 12.5 Å². The Hall–Kier alpha value is -0.240. The average Bonchev–Trinajstić information content (AvgIpc) is 2.68. The van der Waals surface area contributed by atoms with Gasteiger partial charge in [0.1, 0.15) is 5.60 Å². The van der Waals surface area contributed by atoms with Crippen LogP contribution in [0.2, 0.25) is 10.0 Å². The highest BCUT2D eigenvalue weighted by Gasteiger charge is 2.44. The SMILES string of the molecule is CC1(c2c(Cl)cccc2Cl)CO1. The molecule has 12 heavy (non-hydrogen) atoms. The average molecular weight is 203 g/mol. The Kier molecular flexibility index (Phi) is 1.83. The maximum absolute atomic E-state index is 5.99. The van der Waals surface area contributed by atoms with E-state index in [0.717, 1.165) is 5.56 Å². The van der Waals surface area contributed by atoms with Crippen molar-refractivity contribution in [3.63, 3.8) is 0 Å². The minimum Gasteiger partial charge on any atom is -0.365 e. The molecule has 3 heteroatoms. The largest absolute Gasteiger partial charge is 0.365 e. The van der Waals surface area contributed by atoms with Crippen LogP contribution in [0.3, 0.4) is 0 Å². The number of hydrogen-bond acceptors (Lipinski definition) is 1. The van der Waals surface area contributed by atoms with E-state index in [1.807, 2.05) is 25.1 Å². The van der Waals surface area contributed by atoms with Crippen LogP contribution in [0, 0.1) is 0 Å². The van der Waals surface area contributed by atoms with Gasteiger partial charge in [0.15, 0.2) is 0 Å². The van der Waals surface area contributed by atoms with Crippen molar-refractivity contribution in [2.24, 2.45) is 0 Å². The molecule has 0 aliphatic carbocycles. The summed E-state index contributed by atoms with van der Waals surface area (Å²) in [6, 6.07) is 5.49. The molecule has 1 aromatic rings. The lowest BCUT2D eigenvalue weighted by atomic mass is 10.0. The summed E-state index contributed by atoms with van der Waals surface area (Å²) in [6.45, 7) is 2.69. The van der Waals surface area contributed by atoms with Gasteiger partial charge in [-0.05, 0) is 19.1 Å². The molecule has 0 bridgehead atoms. The minimum atomic E-state index is -0.241. The van der Waals surface area contributed by atoms with E-state index in [4.69, 9.17) is 27.9 Å². The number of benzene rings is 1. The third-order valence-electron chi connectivity index (χ3n) is 2.07. The quantitative estimate of drug-likeness (QED) is 0.638. The van der Waals surface area contributed by atoms with Crippen LogP contribution in [-0.4, -0.2) is 6.61 Å². The first kappa shape index (κ1) is 8.36. The first-order valence-corrected chi connectivity index (χ1v) is 4.47. The van der Waals surface area contributed by atoms with Crippen LogP contribution >= 0.6 is 23.2 Å². The molecule has 1 atom stereocenters. The standard InChI is InChI=1S/C9H8Cl2O/c1-9(5-12-9)8-6(10)3-2-4-7(8)11/h2-4H,5H2,1H3. The summed E-state index contributed by atoms with van der Waals surface area (Å²) in [7, 11) is 0. The van der Waals surface area contributed by atoms with Crippen LogP contribution < -0.4 is 0 Å². The Morgan fingerprint density at radius 1 is 1.33 bits per heavy atom. The molecule has 0 N–H and O–H groups in total. The van der Waals surface area contributed by atoms with E-state index in [1.54, 1.807) is 0 Å². The van der Waals surface area contributed by atoms with E-state index in [-0.39, 0.29) is 5.60 Å². The van der Waals surface area contributed by atoms with Crippen LogP contribution in [0.1, 0.15) is 12.5 Å². The molecule has 1 fully saturated rings. The fourth-order valence-electron chi connectivity index (χ4n) is 1.26. The number of rotatable bonds is 1. The normalized spacial score (nSPS) is 27.2. The monoisotopic (exact) mass is 202 g/mol. The summed E-state index contributed by atoms with van der Waals surface area (Å²) in [5.41, 5.74) is 0.670. The number of epoxide rings is 1. The van der Waals surface area contributed by atoms with Crippen molar-refractivity contribution in [2.75, 3.05) is 6.61 Å². The Bertz CT molecular complexity index is 298. The van der Waals surface area contributed by atoms with Crippen molar-refractivity contribution in [2.45, 2.75) is 12.5 Å². The summed E-state index contributed by atoms with van der Waals surface area (Å²) in [5, 5.41) is 1.37. The molecule has 0 saturated carbocycles. The van der Waals surface area contributed by atoms with E-state index in [9.17, 15) is 0 Å². The van der Waals surface area contributed by atoms with Crippen molar-refractivity contribution < 1.29 is 4.74 Å². The molecule has 0 aromatic heterocycles. The number of halogens is 2. The molecule has 2 rings (SSSR count). The first-order chi connectivity index (χ1) is 5.63. The smallest absolute Gasteiger partial charge is 0.117 e. The Morgan fingerprint density at radius 3 is 2.25 bits per heavy atom. The second kappa shape index (κ2) is 2.63. The number of hydrogen-bond donors (Lipinski definition) is 0. The molecule has 0 amide bonds. The highest BCUT2D eigenvalue weighted by atomic mass is 35.5. The van der Waals surface area contributed by atoms with Crippen molar-refractivity contribution in [3.8, 4) is 0 Å². The van der Waals surface area contributed by atoms with Gasteiger partial charge in [0, 0.05) is 15.6 Å². The van der Waals surface area contributed by atoms with Crippen LogP contribution in [-0.2, 0) is 10.3 Å². The minimum absolute atomic E-state index is 0.241. The Morgan fingerprint density at radius 2 is 1.83 bits per heavy atom. The fraction of sp³-hybridized carbons (Fsp3) is 0.333. The van der Waals surface area contributed by atoms with Crippen LogP contribution in [0.4, 0.5) is 0 Å². The molecule has 1 aliphatic rings. The first-order valence-electron chi connectivity index (χ1n) is 3.72. The summed E-state index contributed by atoms with van der Waals surface area (Å²) in [5.74, 6) is 0. The van der Waals surface area contributed by atoms with Crippen molar-refractivity contribution in [1.82, 2.24) is 0 Å². The zero-order valence-corrected chi connectivity index (χ0v) is 8.12. The van der Waals surface area contributed by atoms with E-state index >= 15 is 0 Å². The molecule has 1 heterocycles. The van der Waals surface area contributed by atoms with E-state index in [1.165, 1.54) is 0 Å². The molecular formula is C9H8Cl2O. The lowest BCUT2D eigenvalue weighted by molar-refractivity contribution is 0.330. The van der Waals surface area contributed by atoms with Gasteiger partial charge in [-0.3, -0.25) is 0 Å². The summed E-state index contributed by atoms with van der Waals surface area (Å²) in [4.78, 5) is 0. The molecule has 1 saturated heterocycles. The zero-order valence-electron chi connectivity index (χ0n) is 6.60. The van der Waals surface area contributed by atoms with Gasteiger partial charge in [-0.15, -0.1) is 0 Å². The summed E-state index contributed by atoms with van der Waals surface area (Å²) in [6.07, 6.45) is 0. The highest BCUT2D eigenvalue weighted by Crippen LogP contribution is 2.44. The molecule has 0 radical (unpaired) electrons. The third-order valence-corrected chi connectivity index (χ3v) is 2.70.